The molecule has 1 saturated carbocycles. The molecule has 5 heteroatoms. The second kappa shape index (κ2) is 4.13. The number of aromatic nitrogens is 2. The van der Waals surface area contributed by atoms with Gasteiger partial charge in [0.15, 0.2) is 0 Å². The smallest absolute Gasteiger partial charge is 0.0893 e. The highest BCUT2D eigenvalue weighted by Crippen LogP contribution is 2.18. The maximum absolute atomic E-state index is 9.29. The third-order valence-corrected chi connectivity index (χ3v) is 2.94. The van der Waals surface area contributed by atoms with E-state index >= 15 is 0 Å². The number of nitrogens with one attached hydrogen (secondary N) is 1. The van der Waals surface area contributed by atoms with Crippen LogP contribution in [0.25, 0.3) is 0 Å². The van der Waals surface area contributed by atoms with Gasteiger partial charge in [0, 0.05) is 18.0 Å². The van der Waals surface area contributed by atoms with Crippen LogP contribution in [-0.4, -0.2) is 26.8 Å². The van der Waals surface area contributed by atoms with Crippen molar-refractivity contribution in [3.8, 4) is 0 Å². The molecule has 2 atom stereocenters. The number of hydrogen-bond acceptors (Lipinski definition) is 5. The Morgan fingerprint density at radius 1 is 1.62 bits per heavy atom. The summed E-state index contributed by atoms with van der Waals surface area (Å²) in [5.74, 6) is 0. The molecule has 1 aliphatic rings. The molecule has 0 unspecified atom stereocenters. The summed E-state index contributed by atoms with van der Waals surface area (Å²) in [4.78, 5) is 0. The first-order chi connectivity index (χ1) is 6.34. The van der Waals surface area contributed by atoms with Crippen molar-refractivity contribution in [2.45, 2.75) is 38.0 Å². The van der Waals surface area contributed by atoms with Crippen LogP contribution in [0.15, 0.2) is 5.38 Å². The maximum Gasteiger partial charge on any atom is 0.0893 e. The first kappa shape index (κ1) is 9.05. The number of nitrogens with zero attached hydrogens (tertiary/aromatic N) is 2. The quantitative estimate of drug-likeness (QED) is 0.746. The third-order valence-electron chi connectivity index (χ3n) is 2.38. The van der Waals surface area contributed by atoms with Crippen molar-refractivity contribution in [3.63, 3.8) is 0 Å². The zero-order valence-electron chi connectivity index (χ0n) is 7.31. The van der Waals surface area contributed by atoms with E-state index in [0.717, 1.165) is 31.5 Å². The summed E-state index contributed by atoms with van der Waals surface area (Å²) in [6, 6.07) is 0.455. The molecule has 2 N–H and O–H groups in total. The van der Waals surface area contributed by atoms with Crippen molar-refractivity contribution in [2.24, 2.45) is 0 Å². The minimum atomic E-state index is -0.106. The van der Waals surface area contributed by atoms with Gasteiger partial charge in [-0.15, -0.1) is 5.10 Å². The van der Waals surface area contributed by atoms with Gasteiger partial charge in [0.25, 0.3) is 0 Å². The number of aliphatic hydroxyl groups excluding tert-OH is 1. The predicted octanol–water partition coefficient (Wildman–Crippen LogP) is 0.541. The fourth-order valence-electron chi connectivity index (χ4n) is 1.65. The SMILES string of the molecule is O[C@@H]1CC[C@H](NCc2csnn2)C1. The molecule has 0 amide bonds. The summed E-state index contributed by atoms with van der Waals surface area (Å²) in [5, 5.41) is 18.5. The van der Waals surface area contributed by atoms with Crippen molar-refractivity contribution in [1.29, 1.82) is 0 Å². The normalized spacial score (nSPS) is 28.1. The number of aliphatic hydroxyl groups is 1. The molecule has 1 aromatic rings. The van der Waals surface area contributed by atoms with E-state index in [1.165, 1.54) is 11.5 Å². The largest absolute Gasteiger partial charge is 0.393 e. The molecule has 4 nitrogen and oxygen atoms in total. The maximum atomic E-state index is 9.29. The van der Waals surface area contributed by atoms with E-state index in [1.54, 1.807) is 0 Å². The highest BCUT2D eigenvalue weighted by atomic mass is 32.1. The Morgan fingerprint density at radius 2 is 2.54 bits per heavy atom. The van der Waals surface area contributed by atoms with Crippen molar-refractivity contribution in [2.75, 3.05) is 0 Å². The van der Waals surface area contributed by atoms with Gasteiger partial charge in [0.1, 0.15) is 0 Å². The highest BCUT2D eigenvalue weighted by molar-refractivity contribution is 7.03. The Labute approximate surface area is 81.1 Å². The summed E-state index contributed by atoms with van der Waals surface area (Å²) in [5.41, 5.74) is 0.992. The summed E-state index contributed by atoms with van der Waals surface area (Å²) in [6.07, 6.45) is 2.76. The minimum absolute atomic E-state index is 0.106. The summed E-state index contributed by atoms with van der Waals surface area (Å²) >= 11 is 1.37. The van der Waals surface area contributed by atoms with E-state index < -0.39 is 0 Å². The second-order valence-corrected chi connectivity index (χ2v) is 4.05. The second-order valence-electron chi connectivity index (χ2n) is 3.44. The molecule has 1 aliphatic carbocycles. The summed E-state index contributed by atoms with van der Waals surface area (Å²) < 4.78 is 3.78. The van der Waals surface area contributed by atoms with Crippen LogP contribution in [0.3, 0.4) is 0 Å². The zero-order valence-corrected chi connectivity index (χ0v) is 8.13. The van der Waals surface area contributed by atoms with Gasteiger partial charge in [0.05, 0.1) is 11.8 Å². The number of rotatable bonds is 3. The fraction of sp³-hybridized carbons (Fsp3) is 0.750. The molecule has 0 spiro atoms. The van der Waals surface area contributed by atoms with Crippen LogP contribution >= 0.6 is 11.5 Å². The van der Waals surface area contributed by atoms with E-state index in [2.05, 4.69) is 14.9 Å². The molecule has 1 fully saturated rings. The third kappa shape index (κ3) is 2.46. The van der Waals surface area contributed by atoms with Crippen LogP contribution in [0.5, 0.6) is 0 Å². The average molecular weight is 199 g/mol. The van der Waals surface area contributed by atoms with Crippen molar-refractivity contribution >= 4 is 11.5 Å². The Bertz CT molecular complexity index is 252. The molecule has 2 rings (SSSR count). The van der Waals surface area contributed by atoms with Crippen LogP contribution in [0, 0.1) is 0 Å². The first-order valence-corrected chi connectivity index (χ1v) is 5.35. The molecule has 72 valence electrons. The Kier molecular flexibility index (Phi) is 2.87. The Hall–Kier alpha value is -0.520. The molecule has 0 aliphatic heterocycles. The van der Waals surface area contributed by atoms with Crippen LogP contribution in [0.4, 0.5) is 0 Å². The van der Waals surface area contributed by atoms with E-state index in [0.29, 0.717) is 6.04 Å². The van der Waals surface area contributed by atoms with Gasteiger partial charge in [-0.3, -0.25) is 0 Å². The molecule has 0 radical (unpaired) electrons. The summed E-state index contributed by atoms with van der Waals surface area (Å²) in [6.45, 7) is 0.772. The van der Waals surface area contributed by atoms with Gasteiger partial charge in [-0.25, -0.2) is 0 Å². The lowest BCUT2D eigenvalue weighted by molar-refractivity contribution is 0.179. The monoisotopic (exact) mass is 199 g/mol. The van der Waals surface area contributed by atoms with Gasteiger partial charge in [-0.1, -0.05) is 4.49 Å². The van der Waals surface area contributed by atoms with E-state index in [-0.39, 0.29) is 6.10 Å². The van der Waals surface area contributed by atoms with Gasteiger partial charge in [0.2, 0.25) is 0 Å². The van der Waals surface area contributed by atoms with Gasteiger partial charge in [-0.05, 0) is 30.8 Å². The van der Waals surface area contributed by atoms with Crippen LogP contribution < -0.4 is 5.32 Å². The molecule has 1 heterocycles. The van der Waals surface area contributed by atoms with Gasteiger partial charge >= 0.3 is 0 Å². The van der Waals surface area contributed by atoms with Crippen LogP contribution in [0.1, 0.15) is 25.0 Å². The van der Waals surface area contributed by atoms with Crippen LogP contribution in [-0.2, 0) is 6.54 Å². The average Bonchev–Trinajstić information content (AvgIpc) is 2.71. The zero-order chi connectivity index (χ0) is 9.10. The van der Waals surface area contributed by atoms with Crippen LogP contribution in [0.2, 0.25) is 0 Å². The molecule has 0 saturated heterocycles. The molecule has 1 aromatic heterocycles. The predicted molar refractivity (Wildman–Crippen MR) is 50.4 cm³/mol. The molecular weight excluding hydrogens is 186 g/mol. The molecule has 0 bridgehead atoms. The lowest BCUT2D eigenvalue weighted by atomic mass is 10.2. The van der Waals surface area contributed by atoms with E-state index in [4.69, 9.17) is 0 Å². The lowest BCUT2D eigenvalue weighted by Gasteiger charge is -2.09. The number of hydrogen-bond donors (Lipinski definition) is 2. The molecule has 13 heavy (non-hydrogen) atoms. The lowest BCUT2D eigenvalue weighted by Crippen LogP contribution is -2.26. The molecule has 0 aromatic carbocycles. The van der Waals surface area contributed by atoms with Crippen molar-refractivity contribution < 1.29 is 5.11 Å². The van der Waals surface area contributed by atoms with E-state index in [9.17, 15) is 5.11 Å². The first-order valence-electron chi connectivity index (χ1n) is 4.52. The van der Waals surface area contributed by atoms with Crippen molar-refractivity contribution in [1.82, 2.24) is 14.9 Å². The standard InChI is InChI=1S/C8H13N3OS/c12-8-2-1-6(3-8)9-4-7-5-13-11-10-7/h5-6,8-9,12H,1-4H2/t6-,8+/m0/s1. The fourth-order valence-corrected chi connectivity index (χ4v) is 2.10. The Balaban J connectivity index is 1.74. The van der Waals surface area contributed by atoms with Gasteiger partial charge < -0.3 is 10.4 Å². The van der Waals surface area contributed by atoms with E-state index in [1.807, 2.05) is 5.38 Å². The topological polar surface area (TPSA) is 58.0 Å². The van der Waals surface area contributed by atoms with Gasteiger partial charge in [-0.2, -0.15) is 0 Å². The minimum Gasteiger partial charge on any atom is -0.393 e. The Morgan fingerprint density at radius 3 is 3.15 bits per heavy atom. The molecular formula is C8H13N3OS. The van der Waals surface area contributed by atoms with Crippen molar-refractivity contribution in [3.05, 3.63) is 11.1 Å². The summed E-state index contributed by atoms with van der Waals surface area (Å²) in [7, 11) is 0. The highest BCUT2D eigenvalue weighted by Gasteiger charge is 2.21.